The van der Waals surface area contributed by atoms with Gasteiger partial charge in [0.25, 0.3) is 0 Å². The zero-order valence-electron chi connectivity index (χ0n) is 8.38. The summed E-state index contributed by atoms with van der Waals surface area (Å²) >= 11 is 0. The summed E-state index contributed by atoms with van der Waals surface area (Å²) in [6.45, 7) is 2.52. The van der Waals surface area contributed by atoms with Crippen LogP contribution in [0.3, 0.4) is 0 Å². The smallest absolute Gasteiger partial charge is 0.148 e. The highest BCUT2D eigenvalue weighted by atomic mass is 19.1. The van der Waals surface area contributed by atoms with Crippen LogP contribution in [0, 0.1) is 5.82 Å². The lowest BCUT2D eigenvalue weighted by atomic mass is 10.2. The highest BCUT2D eigenvalue weighted by Gasteiger charge is 2.05. The molecule has 0 fully saturated rings. The molecule has 0 saturated heterocycles. The van der Waals surface area contributed by atoms with Gasteiger partial charge in [-0.05, 0) is 19.1 Å². The molecule has 1 atom stereocenters. The Morgan fingerprint density at radius 1 is 1.57 bits per heavy atom. The van der Waals surface area contributed by atoms with Crippen LogP contribution >= 0.6 is 0 Å². The van der Waals surface area contributed by atoms with Crippen molar-refractivity contribution in [2.75, 3.05) is 24.7 Å². The van der Waals surface area contributed by atoms with Gasteiger partial charge in [0.2, 0.25) is 0 Å². The number of nitrogen functional groups attached to an aromatic ring is 1. The van der Waals surface area contributed by atoms with Crippen LogP contribution in [-0.4, -0.2) is 19.8 Å². The van der Waals surface area contributed by atoms with Crippen molar-refractivity contribution in [1.29, 1.82) is 0 Å². The van der Waals surface area contributed by atoms with Crippen molar-refractivity contribution < 1.29 is 9.13 Å². The van der Waals surface area contributed by atoms with E-state index < -0.39 is 5.82 Å². The van der Waals surface area contributed by atoms with Gasteiger partial charge < -0.3 is 15.8 Å². The van der Waals surface area contributed by atoms with Gasteiger partial charge in [-0.25, -0.2) is 4.39 Å². The molecular formula is C10H15FN2O. The summed E-state index contributed by atoms with van der Waals surface area (Å²) in [6.07, 6.45) is 0.0673. The van der Waals surface area contributed by atoms with E-state index in [-0.39, 0.29) is 11.8 Å². The average molecular weight is 198 g/mol. The Kier molecular flexibility index (Phi) is 3.71. The fraction of sp³-hybridized carbons (Fsp3) is 0.400. The number of ether oxygens (including phenoxy) is 1. The average Bonchev–Trinajstić information content (AvgIpc) is 2.20. The molecule has 78 valence electrons. The van der Waals surface area contributed by atoms with Gasteiger partial charge in [-0.1, -0.05) is 6.07 Å². The Morgan fingerprint density at radius 3 is 2.93 bits per heavy atom. The number of anilines is 2. The first kappa shape index (κ1) is 10.8. The summed E-state index contributed by atoms with van der Waals surface area (Å²) < 4.78 is 18.0. The van der Waals surface area contributed by atoms with Crippen molar-refractivity contribution in [2.45, 2.75) is 13.0 Å². The first-order valence-corrected chi connectivity index (χ1v) is 4.45. The van der Waals surface area contributed by atoms with Gasteiger partial charge in [-0.15, -0.1) is 0 Å². The molecule has 0 radical (unpaired) electrons. The Bertz CT molecular complexity index is 304. The first-order chi connectivity index (χ1) is 6.65. The third-order valence-electron chi connectivity index (χ3n) is 2.04. The molecule has 14 heavy (non-hydrogen) atoms. The second kappa shape index (κ2) is 4.81. The molecule has 0 aromatic heterocycles. The molecule has 0 bridgehead atoms. The van der Waals surface area contributed by atoms with E-state index in [1.165, 1.54) is 6.07 Å². The minimum atomic E-state index is -0.403. The molecule has 4 heteroatoms. The number of methoxy groups -OCH3 is 1. The van der Waals surface area contributed by atoms with Crippen molar-refractivity contribution in [3.8, 4) is 0 Å². The highest BCUT2D eigenvalue weighted by molar-refractivity contribution is 5.66. The Morgan fingerprint density at radius 2 is 2.29 bits per heavy atom. The second-order valence-electron chi connectivity index (χ2n) is 3.13. The topological polar surface area (TPSA) is 47.3 Å². The van der Waals surface area contributed by atoms with Gasteiger partial charge in [0, 0.05) is 13.7 Å². The Labute approximate surface area is 83.1 Å². The molecular weight excluding hydrogens is 183 g/mol. The van der Waals surface area contributed by atoms with Gasteiger partial charge in [-0.3, -0.25) is 0 Å². The number of nitrogens with one attached hydrogen (secondary N) is 1. The summed E-state index contributed by atoms with van der Waals surface area (Å²) in [5.41, 5.74) is 6.29. The summed E-state index contributed by atoms with van der Waals surface area (Å²) in [6, 6.07) is 4.69. The number of benzene rings is 1. The predicted molar refractivity (Wildman–Crippen MR) is 55.8 cm³/mol. The summed E-state index contributed by atoms with van der Waals surface area (Å²) in [5, 5.41) is 3.01. The normalized spacial score (nSPS) is 12.5. The van der Waals surface area contributed by atoms with E-state index in [0.29, 0.717) is 12.2 Å². The fourth-order valence-corrected chi connectivity index (χ4v) is 1.03. The van der Waals surface area contributed by atoms with E-state index in [0.717, 1.165) is 0 Å². The molecule has 1 rings (SSSR count). The molecule has 0 spiro atoms. The number of nitrogens with two attached hydrogens (primary N) is 1. The van der Waals surface area contributed by atoms with E-state index in [9.17, 15) is 4.39 Å². The third kappa shape index (κ3) is 2.60. The van der Waals surface area contributed by atoms with Gasteiger partial charge in [0.1, 0.15) is 5.82 Å². The van der Waals surface area contributed by atoms with Crippen molar-refractivity contribution in [2.24, 2.45) is 0 Å². The number of halogens is 1. The Balaban J connectivity index is 2.63. The zero-order chi connectivity index (χ0) is 10.6. The van der Waals surface area contributed by atoms with Crippen molar-refractivity contribution >= 4 is 11.4 Å². The fourth-order valence-electron chi connectivity index (χ4n) is 1.03. The van der Waals surface area contributed by atoms with Gasteiger partial charge in [0.05, 0.1) is 17.5 Å². The lowest BCUT2D eigenvalue weighted by Crippen LogP contribution is -2.18. The molecule has 3 nitrogen and oxygen atoms in total. The molecule has 0 saturated carbocycles. The van der Waals surface area contributed by atoms with Gasteiger partial charge in [0.15, 0.2) is 0 Å². The summed E-state index contributed by atoms with van der Waals surface area (Å²) in [4.78, 5) is 0. The lowest BCUT2D eigenvalue weighted by Gasteiger charge is -2.13. The van der Waals surface area contributed by atoms with Crippen molar-refractivity contribution in [1.82, 2.24) is 0 Å². The SMILES string of the molecule is COC(C)CNc1cccc(F)c1N. The molecule has 0 aliphatic heterocycles. The number of hydrogen-bond acceptors (Lipinski definition) is 3. The minimum Gasteiger partial charge on any atom is -0.395 e. The third-order valence-corrected chi connectivity index (χ3v) is 2.04. The maximum Gasteiger partial charge on any atom is 0.148 e. The molecule has 0 heterocycles. The van der Waals surface area contributed by atoms with Crippen LogP contribution in [-0.2, 0) is 4.74 Å². The standard InChI is InChI=1S/C10H15FN2O/c1-7(14-2)6-13-9-5-3-4-8(11)10(9)12/h3-5,7,13H,6,12H2,1-2H3. The van der Waals surface area contributed by atoms with Crippen molar-refractivity contribution in [3.05, 3.63) is 24.0 Å². The van der Waals surface area contributed by atoms with Crippen molar-refractivity contribution in [3.63, 3.8) is 0 Å². The highest BCUT2D eigenvalue weighted by Crippen LogP contribution is 2.20. The Hall–Kier alpha value is -1.29. The quantitative estimate of drug-likeness (QED) is 0.726. The molecule has 1 unspecified atom stereocenters. The van der Waals surface area contributed by atoms with Crippen LogP contribution in [0.15, 0.2) is 18.2 Å². The van der Waals surface area contributed by atoms with Crippen LogP contribution in [0.25, 0.3) is 0 Å². The maximum atomic E-state index is 13.0. The number of rotatable bonds is 4. The molecule has 0 aliphatic rings. The molecule has 1 aromatic carbocycles. The number of hydrogen-bond donors (Lipinski definition) is 2. The largest absolute Gasteiger partial charge is 0.395 e. The minimum absolute atomic E-state index is 0.0673. The van der Waals surface area contributed by atoms with E-state index in [2.05, 4.69) is 5.32 Å². The molecule has 0 amide bonds. The van der Waals surface area contributed by atoms with Crippen LogP contribution in [0.1, 0.15) is 6.92 Å². The van der Waals surface area contributed by atoms with Crippen LogP contribution in [0.4, 0.5) is 15.8 Å². The molecule has 0 aliphatic carbocycles. The molecule has 1 aromatic rings. The van der Waals surface area contributed by atoms with E-state index >= 15 is 0 Å². The van der Waals surface area contributed by atoms with Gasteiger partial charge >= 0.3 is 0 Å². The van der Waals surface area contributed by atoms with Crippen LogP contribution in [0.2, 0.25) is 0 Å². The van der Waals surface area contributed by atoms with E-state index in [4.69, 9.17) is 10.5 Å². The first-order valence-electron chi connectivity index (χ1n) is 4.45. The predicted octanol–water partition coefficient (Wildman–Crippen LogP) is 1.85. The second-order valence-corrected chi connectivity index (χ2v) is 3.13. The van der Waals surface area contributed by atoms with Gasteiger partial charge in [-0.2, -0.15) is 0 Å². The monoisotopic (exact) mass is 198 g/mol. The maximum absolute atomic E-state index is 13.0. The lowest BCUT2D eigenvalue weighted by molar-refractivity contribution is 0.129. The zero-order valence-corrected chi connectivity index (χ0v) is 8.38. The summed E-state index contributed by atoms with van der Waals surface area (Å²) in [5.74, 6) is -0.403. The van der Waals surface area contributed by atoms with E-state index in [1.807, 2.05) is 6.92 Å². The molecule has 3 N–H and O–H groups in total. The van der Waals surface area contributed by atoms with Crippen LogP contribution < -0.4 is 11.1 Å². The van der Waals surface area contributed by atoms with Crippen LogP contribution in [0.5, 0.6) is 0 Å². The van der Waals surface area contributed by atoms with E-state index in [1.54, 1.807) is 19.2 Å². The summed E-state index contributed by atoms with van der Waals surface area (Å²) in [7, 11) is 1.63. The number of para-hydroxylation sites is 1.